The summed E-state index contributed by atoms with van der Waals surface area (Å²) in [6.07, 6.45) is 2.34. The van der Waals surface area contributed by atoms with Crippen LogP contribution in [0.3, 0.4) is 0 Å². The number of rotatable bonds is 5. The highest BCUT2D eigenvalue weighted by atomic mass is 32.2. The maximum absolute atomic E-state index is 12.4. The van der Waals surface area contributed by atoms with Gasteiger partial charge in [0.15, 0.2) is 0 Å². The van der Waals surface area contributed by atoms with E-state index in [1.807, 2.05) is 12.1 Å². The lowest BCUT2D eigenvalue weighted by molar-refractivity contribution is 0.252. The molecule has 0 aromatic heterocycles. The van der Waals surface area contributed by atoms with Crippen LogP contribution in [0, 0.1) is 0 Å². The number of hydrogen-bond donors (Lipinski definition) is 2. The van der Waals surface area contributed by atoms with Crippen LogP contribution < -0.4 is 10.6 Å². The largest absolute Gasteiger partial charge is 0.383 e. The van der Waals surface area contributed by atoms with Crippen molar-refractivity contribution in [2.45, 2.75) is 29.5 Å². The van der Waals surface area contributed by atoms with Gasteiger partial charge in [-0.3, -0.25) is 0 Å². The van der Waals surface area contributed by atoms with Crippen LogP contribution in [-0.4, -0.2) is 24.9 Å². The van der Waals surface area contributed by atoms with Crippen LogP contribution in [-0.2, 0) is 0 Å². The molecule has 2 nitrogen and oxygen atoms in total. The monoisotopic (exact) mass is 258 g/mol. The van der Waals surface area contributed by atoms with E-state index in [1.54, 1.807) is 12.1 Å². The molecule has 5 heteroatoms. The number of nitrogens with one attached hydrogen (secondary N) is 2. The minimum Gasteiger partial charge on any atom is -0.383 e. The highest BCUT2D eigenvalue weighted by Gasteiger charge is 2.14. The number of hydrogen-bond acceptors (Lipinski definition) is 3. The Morgan fingerprint density at radius 2 is 2.24 bits per heavy atom. The standard InChI is InChI=1S/C12H16F2N2S/c13-12(14)17-11-6-2-1-5-10(11)16-8-9-4-3-7-15-9/h1-2,5-6,9,12,15-16H,3-4,7-8H2. The third-order valence-electron chi connectivity index (χ3n) is 2.80. The SMILES string of the molecule is FC(F)Sc1ccccc1NCC1CCCN1. The molecule has 1 fully saturated rings. The van der Waals surface area contributed by atoms with E-state index in [-0.39, 0.29) is 0 Å². The molecule has 0 spiro atoms. The second-order valence-electron chi connectivity index (χ2n) is 4.05. The normalized spacial score (nSPS) is 19.8. The van der Waals surface area contributed by atoms with Crippen molar-refractivity contribution in [1.29, 1.82) is 0 Å². The van der Waals surface area contributed by atoms with Gasteiger partial charge in [0.2, 0.25) is 0 Å². The van der Waals surface area contributed by atoms with Gasteiger partial charge in [-0.25, -0.2) is 0 Å². The quantitative estimate of drug-likeness (QED) is 0.793. The van der Waals surface area contributed by atoms with E-state index in [4.69, 9.17) is 0 Å². The Kier molecular flexibility index (Phi) is 4.62. The first-order chi connectivity index (χ1) is 8.25. The molecule has 0 aliphatic carbocycles. The summed E-state index contributed by atoms with van der Waals surface area (Å²) in [7, 11) is 0. The van der Waals surface area contributed by atoms with Crippen molar-refractivity contribution < 1.29 is 8.78 Å². The summed E-state index contributed by atoms with van der Waals surface area (Å²) >= 11 is 0.591. The summed E-state index contributed by atoms with van der Waals surface area (Å²) in [6, 6.07) is 7.67. The van der Waals surface area contributed by atoms with Gasteiger partial charge in [-0.15, -0.1) is 0 Å². The lowest BCUT2D eigenvalue weighted by Gasteiger charge is -2.15. The third-order valence-corrected chi connectivity index (χ3v) is 3.59. The molecule has 1 aromatic rings. The van der Waals surface area contributed by atoms with Crippen LogP contribution in [0.1, 0.15) is 12.8 Å². The fourth-order valence-electron chi connectivity index (χ4n) is 1.98. The van der Waals surface area contributed by atoms with Gasteiger partial charge in [-0.1, -0.05) is 23.9 Å². The molecule has 1 aliphatic heterocycles. The summed E-state index contributed by atoms with van der Waals surface area (Å²) in [5.41, 5.74) is 0.798. The Hall–Kier alpha value is -0.810. The van der Waals surface area contributed by atoms with Gasteiger partial charge in [0.05, 0.1) is 0 Å². The van der Waals surface area contributed by atoms with Crippen molar-refractivity contribution in [3.8, 4) is 0 Å². The van der Waals surface area contributed by atoms with Crippen LogP contribution in [0.4, 0.5) is 14.5 Å². The van der Waals surface area contributed by atoms with E-state index in [2.05, 4.69) is 10.6 Å². The van der Waals surface area contributed by atoms with E-state index in [0.717, 1.165) is 25.2 Å². The number of alkyl halides is 2. The fraction of sp³-hybridized carbons (Fsp3) is 0.500. The van der Waals surface area contributed by atoms with Crippen molar-refractivity contribution in [3.05, 3.63) is 24.3 Å². The summed E-state index contributed by atoms with van der Waals surface area (Å²) in [6.45, 7) is 1.85. The minimum atomic E-state index is -2.37. The summed E-state index contributed by atoms with van der Waals surface area (Å²) in [4.78, 5) is 0.612. The third kappa shape index (κ3) is 3.85. The first-order valence-electron chi connectivity index (χ1n) is 5.77. The summed E-state index contributed by atoms with van der Waals surface area (Å²) in [5.74, 6) is -2.37. The highest BCUT2D eigenvalue weighted by molar-refractivity contribution is 7.99. The minimum absolute atomic E-state index is 0.458. The van der Waals surface area contributed by atoms with Crippen molar-refractivity contribution in [2.24, 2.45) is 0 Å². The van der Waals surface area contributed by atoms with Crippen LogP contribution >= 0.6 is 11.8 Å². The van der Waals surface area contributed by atoms with E-state index in [9.17, 15) is 8.78 Å². The van der Waals surface area contributed by atoms with Crippen LogP contribution in [0.15, 0.2) is 29.2 Å². The Balaban J connectivity index is 1.94. The summed E-state index contributed by atoms with van der Waals surface area (Å²) in [5, 5.41) is 6.61. The Labute approximate surface area is 104 Å². The first-order valence-corrected chi connectivity index (χ1v) is 6.65. The topological polar surface area (TPSA) is 24.1 Å². The Morgan fingerprint density at radius 1 is 1.41 bits per heavy atom. The maximum Gasteiger partial charge on any atom is 0.288 e. The van der Waals surface area contributed by atoms with Gasteiger partial charge in [-0.2, -0.15) is 8.78 Å². The maximum atomic E-state index is 12.4. The van der Waals surface area contributed by atoms with Gasteiger partial charge in [0.25, 0.3) is 5.76 Å². The molecule has 1 aromatic carbocycles. The lowest BCUT2D eigenvalue weighted by Crippen LogP contribution is -2.29. The average Bonchev–Trinajstić information content (AvgIpc) is 2.80. The van der Waals surface area contributed by atoms with E-state index < -0.39 is 5.76 Å². The molecular formula is C12H16F2N2S. The molecule has 0 amide bonds. The van der Waals surface area contributed by atoms with Crippen LogP contribution in [0.25, 0.3) is 0 Å². The number of halogens is 2. The zero-order chi connectivity index (χ0) is 12.1. The van der Waals surface area contributed by atoms with E-state index in [1.165, 1.54) is 6.42 Å². The molecule has 0 saturated carbocycles. The first kappa shape index (κ1) is 12.6. The number of anilines is 1. The lowest BCUT2D eigenvalue weighted by atomic mass is 10.2. The van der Waals surface area contributed by atoms with Gasteiger partial charge >= 0.3 is 0 Å². The Morgan fingerprint density at radius 3 is 2.94 bits per heavy atom. The second-order valence-corrected chi connectivity index (χ2v) is 5.08. The molecule has 0 bridgehead atoms. The van der Waals surface area contributed by atoms with Gasteiger partial charge in [-0.05, 0) is 31.5 Å². The molecule has 2 N–H and O–H groups in total. The zero-order valence-electron chi connectivity index (χ0n) is 9.46. The molecule has 1 unspecified atom stereocenters. The second kappa shape index (κ2) is 6.21. The van der Waals surface area contributed by atoms with Gasteiger partial charge in [0, 0.05) is 23.2 Å². The van der Waals surface area contributed by atoms with Gasteiger partial charge < -0.3 is 10.6 Å². The van der Waals surface area contributed by atoms with Crippen LogP contribution in [0.2, 0.25) is 0 Å². The zero-order valence-corrected chi connectivity index (χ0v) is 10.3. The molecule has 0 radical (unpaired) electrons. The average molecular weight is 258 g/mol. The van der Waals surface area contributed by atoms with Crippen molar-refractivity contribution in [3.63, 3.8) is 0 Å². The van der Waals surface area contributed by atoms with Crippen molar-refractivity contribution in [1.82, 2.24) is 5.32 Å². The molecule has 1 atom stereocenters. The fourth-order valence-corrected chi connectivity index (χ4v) is 2.59. The van der Waals surface area contributed by atoms with Crippen molar-refractivity contribution in [2.75, 3.05) is 18.4 Å². The van der Waals surface area contributed by atoms with Crippen LogP contribution in [0.5, 0.6) is 0 Å². The van der Waals surface area contributed by atoms with E-state index in [0.29, 0.717) is 22.7 Å². The highest BCUT2D eigenvalue weighted by Crippen LogP contribution is 2.31. The molecule has 1 heterocycles. The molecule has 17 heavy (non-hydrogen) atoms. The molecule has 2 rings (SSSR count). The predicted octanol–water partition coefficient (Wildman–Crippen LogP) is 3.17. The van der Waals surface area contributed by atoms with Crippen molar-refractivity contribution >= 4 is 17.4 Å². The number of para-hydroxylation sites is 1. The molecule has 1 aliphatic rings. The summed E-state index contributed by atoms with van der Waals surface area (Å²) < 4.78 is 24.7. The van der Waals surface area contributed by atoms with E-state index >= 15 is 0 Å². The number of benzene rings is 1. The number of thioether (sulfide) groups is 1. The smallest absolute Gasteiger partial charge is 0.288 e. The molecule has 94 valence electrons. The molecular weight excluding hydrogens is 242 g/mol. The molecule has 1 saturated heterocycles. The van der Waals surface area contributed by atoms with Gasteiger partial charge in [0.1, 0.15) is 0 Å². The Bertz CT molecular complexity index is 354. The predicted molar refractivity (Wildman–Crippen MR) is 67.8 cm³/mol.